The fourth-order valence-electron chi connectivity index (χ4n) is 10.1. The van der Waals surface area contributed by atoms with Gasteiger partial charge in [-0.3, -0.25) is 4.79 Å². The van der Waals surface area contributed by atoms with Gasteiger partial charge < -0.3 is 65.1 Å². The number of aliphatic hydroxyl groups excluding tert-OH is 8. The molecule has 1 amide bonds. The van der Waals surface area contributed by atoms with E-state index in [-0.39, 0.29) is 18.9 Å². The number of nitrogens with one attached hydrogen (secondary N) is 1. The second-order valence-electron chi connectivity index (χ2n) is 21.8. The van der Waals surface area contributed by atoms with Gasteiger partial charge in [-0.1, -0.05) is 237 Å². The standard InChI is InChI=1S/C61H113NO13/c1-3-5-7-9-11-13-15-17-18-19-20-21-22-23-24-25-26-27-28-29-30-31-33-35-37-39-41-43-45-53(66)62-49(50(65)44-42-40-38-36-34-32-16-14-12-10-8-6-4-2)48-72-60-58(71)56(69)59(52(47-64)74-60)75-61-57(70)55(68)54(67)51(46-63)73-61/h12,14,34,36,42,44,49-52,54-61,63-65,67-71H,3-11,13,15-33,35,37-41,43,45-48H2,1-2H3,(H,62,66)/b14-12+,36-34+,44-42+. The first kappa shape index (κ1) is 69.3. The molecule has 0 aromatic heterocycles. The Morgan fingerprint density at radius 2 is 0.853 bits per heavy atom. The molecule has 0 aromatic rings. The lowest BCUT2D eigenvalue weighted by Crippen LogP contribution is -2.65. The Bertz CT molecular complexity index is 1400. The molecule has 12 unspecified atom stereocenters. The summed E-state index contributed by atoms with van der Waals surface area (Å²) in [4.78, 5) is 13.2. The third-order valence-corrected chi connectivity index (χ3v) is 15.1. The Kier molecular flexibility index (Phi) is 43.5. The molecule has 12 atom stereocenters. The van der Waals surface area contributed by atoms with E-state index < -0.39 is 86.8 Å². The third kappa shape index (κ3) is 32.8. The number of amides is 1. The van der Waals surface area contributed by atoms with E-state index >= 15 is 0 Å². The number of aliphatic hydroxyl groups is 8. The van der Waals surface area contributed by atoms with Crippen LogP contribution in [-0.2, 0) is 23.7 Å². The molecule has 2 saturated heterocycles. The zero-order valence-corrected chi connectivity index (χ0v) is 47.3. The average molecular weight is 1070 g/mol. The van der Waals surface area contributed by atoms with Crippen LogP contribution in [0.25, 0.3) is 0 Å². The molecule has 14 heteroatoms. The molecular weight excluding hydrogens is 955 g/mol. The predicted molar refractivity (Wildman–Crippen MR) is 300 cm³/mol. The molecule has 75 heavy (non-hydrogen) atoms. The highest BCUT2D eigenvalue weighted by molar-refractivity contribution is 5.76. The zero-order chi connectivity index (χ0) is 54.6. The fourth-order valence-corrected chi connectivity index (χ4v) is 10.1. The number of carbonyl (C=O) groups excluding carboxylic acids is 1. The number of unbranched alkanes of at least 4 members (excludes halogenated alkanes) is 32. The first-order chi connectivity index (χ1) is 36.6. The highest BCUT2D eigenvalue weighted by Crippen LogP contribution is 2.30. The molecule has 0 aromatic carbocycles. The summed E-state index contributed by atoms with van der Waals surface area (Å²) in [6.07, 6.45) is 40.7. The van der Waals surface area contributed by atoms with Crippen molar-refractivity contribution in [3.05, 3.63) is 36.5 Å². The largest absolute Gasteiger partial charge is 0.394 e. The molecule has 2 aliphatic rings. The van der Waals surface area contributed by atoms with E-state index in [1.807, 2.05) is 6.08 Å². The van der Waals surface area contributed by atoms with Gasteiger partial charge in [-0.2, -0.15) is 0 Å². The Morgan fingerprint density at radius 3 is 1.31 bits per heavy atom. The van der Waals surface area contributed by atoms with Crippen molar-refractivity contribution in [2.45, 2.75) is 325 Å². The van der Waals surface area contributed by atoms with Crippen molar-refractivity contribution < 1.29 is 64.6 Å². The van der Waals surface area contributed by atoms with Gasteiger partial charge in [0.2, 0.25) is 5.91 Å². The molecule has 2 heterocycles. The van der Waals surface area contributed by atoms with Gasteiger partial charge in [-0.15, -0.1) is 0 Å². The Morgan fingerprint density at radius 1 is 0.467 bits per heavy atom. The first-order valence-corrected chi connectivity index (χ1v) is 30.7. The average Bonchev–Trinajstić information content (AvgIpc) is 3.41. The van der Waals surface area contributed by atoms with Crippen molar-refractivity contribution >= 4 is 5.91 Å². The van der Waals surface area contributed by atoms with E-state index in [9.17, 15) is 45.6 Å². The monoisotopic (exact) mass is 1070 g/mol. The van der Waals surface area contributed by atoms with Crippen LogP contribution in [0.3, 0.4) is 0 Å². The SMILES string of the molecule is CCCCC/C=C/CC/C=C/CC/C=C/C(O)C(COC1OC(CO)C(OC2OC(CO)C(O)C(O)C2O)C(O)C1O)NC(=O)CCCCCCCCCCCCCCCCCCCCCCCCCCCCCC. The second kappa shape index (κ2) is 47.1. The van der Waals surface area contributed by atoms with E-state index in [0.29, 0.717) is 12.8 Å². The van der Waals surface area contributed by atoms with Crippen LogP contribution in [-0.4, -0.2) is 140 Å². The normalized spacial score (nSPS) is 25.3. The van der Waals surface area contributed by atoms with Crippen LogP contribution >= 0.6 is 0 Å². The lowest BCUT2D eigenvalue weighted by Gasteiger charge is -2.46. The number of carbonyl (C=O) groups is 1. The maximum absolute atomic E-state index is 13.2. The van der Waals surface area contributed by atoms with Crippen LogP contribution < -0.4 is 5.32 Å². The number of hydrogen-bond acceptors (Lipinski definition) is 13. The summed E-state index contributed by atoms with van der Waals surface area (Å²) in [6, 6.07) is -0.934. The van der Waals surface area contributed by atoms with Crippen molar-refractivity contribution in [3.8, 4) is 0 Å². The minimum absolute atomic E-state index is 0.250. The van der Waals surface area contributed by atoms with Crippen molar-refractivity contribution in [1.29, 1.82) is 0 Å². The van der Waals surface area contributed by atoms with Crippen LogP contribution in [0.4, 0.5) is 0 Å². The van der Waals surface area contributed by atoms with E-state index in [0.717, 1.165) is 44.9 Å². The number of allylic oxidation sites excluding steroid dienone is 5. The summed E-state index contributed by atoms with van der Waals surface area (Å²) < 4.78 is 22.7. The van der Waals surface area contributed by atoms with Crippen molar-refractivity contribution in [1.82, 2.24) is 5.32 Å². The molecule has 0 radical (unpaired) electrons. The highest BCUT2D eigenvalue weighted by atomic mass is 16.7. The van der Waals surface area contributed by atoms with E-state index in [4.69, 9.17) is 18.9 Å². The molecule has 440 valence electrons. The smallest absolute Gasteiger partial charge is 0.220 e. The van der Waals surface area contributed by atoms with Gasteiger partial charge >= 0.3 is 0 Å². The van der Waals surface area contributed by atoms with Gasteiger partial charge in [-0.25, -0.2) is 0 Å². The summed E-state index contributed by atoms with van der Waals surface area (Å²) in [7, 11) is 0. The first-order valence-electron chi connectivity index (χ1n) is 30.7. The molecule has 14 nitrogen and oxygen atoms in total. The van der Waals surface area contributed by atoms with Crippen LogP contribution in [0.1, 0.15) is 251 Å². The third-order valence-electron chi connectivity index (χ3n) is 15.1. The number of ether oxygens (including phenoxy) is 4. The molecular formula is C61H113NO13. The fraction of sp³-hybridized carbons (Fsp3) is 0.885. The summed E-state index contributed by atoms with van der Waals surface area (Å²) in [5, 5.41) is 86.9. The molecule has 0 spiro atoms. The maximum Gasteiger partial charge on any atom is 0.220 e. The summed E-state index contributed by atoms with van der Waals surface area (Å²) in [5.74, 6) is -0.250. The van der Waals surface area contributed by atoms with Crippen LogP contribution in [0.5, 0.6) is 0 Å². The second-order valence-corrected chi connectivity index (χ2v) is 21.8. The number of rotatable bonds is 49. The molecule has 0 bridgehead atoms. The summed E-state index contributed by atoms with van der Waals surface area (Å²) in [5.41, 5.74) is 0. The Hall–Kier alpha value is -1.79. The van der Waals surface area contributed by atoms with Gasteiger partial charge in [0, 0.05) is 6.42 Å². The van der Waals surface area contributed by atoms with E-state index in [1.54, 1.807) is 6.08 Å². The maximum atomic E-state index is 13.2. The predicted octanol–water partition coefficient (Wildman–Crippen LogP) is 10.6. The summed E-state index contributed by atoms with van der Waals surface area (Å²) >= 11 is 0. The highest BCUT2D eigenvalue weighted by Gasteiger charge is 2.51. The van der Waals surface area contributed by atoms with Gasteiger partial charge in [0.25, 0.3) is 0 Å². The summed E-state index contributed by atoms with van der Waals surface area (Å²) in [6.45, 7) is 2.75. The lowest BCUT2D eigenvalue weighted by atomic mass is 9.97. The van der Waals surface area contributed by atoms with Crippen molar-refractivity contribution in [2.24, 2.45) is 0 Å². The van der Waals surface area contributed by atoms with Crippen LogP contribution in [0.15, 0.2) is 36.5 Å². The van der Waals surface area contributed by atoms with Gasteiger partial charge in [0.1, 0.15) is 48.8 Å². The molecule has 2 fully saturated rings. The van der Waals surface area contributed by atoms with Crippen molar-refractivity contribution in [3.63, 3.8) is 0 Å². The molecule has 9 N–H and O–H groups in total. The number of hydrogen-bond donors (Lipinski definition) is 9. The van der Waals surface area contributed by atoms with Crippen LogP contribution in [0, 0.1) is 0 Å². The lowest BCUT2D eigenvalue weighted by molar-refractivity contribution is -0.359. The van der Waals surface area contributed by atoms with Gasteiger partial charge in [0.05, 0.1) is 32.0 Å². The van der Waals surface area contributed by atoms with Gasteiger partial charge in [-0.05, 0) is 44.9 Å². The van der Waals surface area contributed by atoms with Crippen LogP contribution in [0.2, 0.25) is 0 Å². The minimum Gasteiger partial charge on any atom is -0.394 e. The molecule has 0 aliphatic carbocycles. The van der Waals surface area contributed by atoms with Gasteiger partial charge in [0.15, 0.2) is 12.6 Å². The molecule has 0 saturated carbocycles. The minimum atomic E-state index is -1.79. The quantitative estimate of drug-likeness (QED) is 0.0204. The molecule has 2 rings (SSSR count). The topological polar surface area (TPSA) is 228 Å². The van der Waals surface area contributed by atoms with E-state index in [1.165, 1.54) is 173 Å². The van der Waals surface area contributed by atoms with E-state index in [2.05, 4.69) is 43.5 Å². The van der Waals surface area contributed by atoms with Crippen molar-refractivity contribution in [2.75, 3.05) is 19.8 Å². The Labute approximate surface area is 455 Å². The zero-order valence-electron chi connectivity index (χ0n) is 47.3. The molecule has 2 aliphatic heterocycles. The Balaban J connectivity index is 1.68.